The van der Waals surface area contributed by atoms with E-state index >= 15 is 0 Å². The molecule has 1 unspecified atom stereocenters. The second-order valence-electron chi connectivity index (χ2n) is 4.13. The predicted octanol–water partition coefficient (Wildman–Crippen LogP) is 0.602. The Kier molecular flexibility index (Phi) is 6.07. The van der Waals surface area contributed by atoms with Gasteiger partial charge in [-0.2, -0.15) is 0 Å². The first-order valence-corrected chi connectivity index (χ1v) is 7.56. The van der Waals surface area contributed by atoms with Gasteiger partial charge in [-0.3, -0.25) is 0 Å². The molecule has 108 valence electrons. The van der Waals surface area contributed by atoms with E-state index in [0.29, 0.717) is 11.4 Å². The molecule has 0 aliphatic heterocycles. The lowest BCUT2D eigenvalue weighted by Crippen LogP contribution is -2.34. The average Bonchev–Trinajstić information content (AvgIpc) is 2.38. The number of sulfonamides is 1. The van der Waals surface area contributed by atoms with Crippen LogP contribution in [0.2, 0.25) is 0 Å². The first-order chi connectivity index (χ1) is 8.93. The number of nitrogens with two attached hydrogens (primary N) is 1. The van der Waals surface area contributed by atoms with E-state index in [1.807, 2.05) is 0 Å². The smallest absolute Gasteiger partial charge is 0.215 e. The first-order valence-electron chi connectivity index (χ1n) is 5.91. The summed E-state index contributed by atoms with van der Waals surface area (Å²) in [7, 11) is -1.81. The average molecular weight is 288 g/mol. The summed E-state index contributed by atoms with van der Waals surface area (Å²) in [5, 5.41) is 0. The van der Waals surface area contributed by atoms with Gasteiger partial charge in [-0.25, -0.2) is 13.1 Å². The molecule has 0 spiro atoms. The molecule has 0 bridgehead atoms. The quantitative estimate of drug-likeness (QED) is 0.684. The summed E-state index contributed by atoms with van der Waals surface area (Å²) < 4.78 is 36.0. The van der Waals surface area contributed by atoms with Crippen LogP contribution in [0.5, 0.6) is 5.75 Å². The fraction of sp³-hybridized carbons (Fsp3) is 0.500. The van der Waals surface area contributed by atoms with Gasteiger partial charge in [0.05, 0.1) is 11.9 Å². The largest absolute Gasteiger partial charge is 0.492 e. The van der Waals surface area contributed by atoms with Gasteiger partial charge in [0.2, 0.25) is 10.0 Å². The summed E-state index contributed by atoms with van der Waals surface area (Å²) in [6.45, 7) is 2.12. The topological polar surface area (TPSA) is 90.6 Å². The van der Waals surface area contributed by atoms with E-state index in [-0.39, 0.29) is 25.0 Å². The SMILES string of the molecule is COC(C)CNS(=O)(=O)CCOc1ccc(N)cc1. The Labute approximate surface area is 113 Å². The second-order valence-corrected chi connectivity index (χ2v) is 6.06. The number of nitrogen functional groups attached to an aromatic ring is 1. The molecule has 1 aromatic carbocycles. The van der Waals surface area contributed by atoms with Crippen LogP contribution in [0, 0.1) is 0 Å². The molecule has 3 N–H and O–H groups in total. The summed E-state index contributed by atoms with van der Waals surface area (Å²) in [5.74, 6) is 0.489. The number of nitrogens with one attached hydrogen (secondary N) is 1. The summed E-state index contributed by atoms with van der Waals surface area (Å²) >= 11 is 0. The number of benzene rings is 1. The van der Waals surface area contributed by atoms with Crippen LogP contribution < -0.4 is 15.2 Å². The standard InChI is InChI=1S/C12H20N2O4S/c1-10(17-2)9-14-19(15,16)8-7-18-12-5-3-11(13)4-6-12/h3-6,10,14H,7-9,13H2,1-2H3. The number of hydrogen-bond acceptors (Lipinski definition) is 5. The van der Waals surface area contributed by atoms with Crippen LogP contribution in [-0.4, -0.2) is 40.5 Å². The van der Waals surface area contributed by atoms with E-state index < -0.39 is 10.0 Å². The van der Waals surface area contributed by atoms with Crippen LogP contribution in [0.15, 0.2) is 24.3 Å². The maximum atomic E-state index is 11.6. The Bertz CT molecular complexity index is 473. The molecule has 0 amide bonds. The summed E-state index contributed by atoms with van der Waals surface area (Å²) in [4.78, 5) is 0. The monoisotopic (exact) mass is 288 g/mol. The van der Waals surface area contributed by atoms with Crippen molar-refractivity contribution >= 4 is 15.7 Å². The van der Waals surface area contributed by atoms with Gasteiger partial charge in [0.1, 0.15) is 12.4 Å². The molecule has 0 aliphatic carbocycles. The van der Waals surface area contributed by atoms with Crippen LogP contribution >= 0.6 is 0 Å². The van der Waals surface area contributed by atoms with Gasteiger partial charge in [-0.1, -0.05) is 0 Å². The highest BCUT2D eigenvalue weighted by molar-refractivity contribution is 7.89. The van der Waals surface area contributed by atoms with Gasteiger partial charge >= 0.3 is 0 Å². The highest BCUT2D eigenvalue weighted by Crippen LogP contribution is 2.12. The third kappa shape index (κ3) is 6.42. The maximum Gasteiger partial charge on any atom is 0.215 e. The molecule has 1 aromatic rings. The van der Waals surface area contributed by atoms with E-state index in [0.717, 1.165) is 0 Å². The van der Waals surface area contributed by atoms with Crippen molar-refractivity contribution in [3.8, 4) is 5.75 Å². The summed E-state index contributed by atoms with van der Waals surface area (Å²) in [6.07, 6.45) is -0.159. The fourth-order valence-corrected chi connectivity index (χ4v) is 2.17. The molecule has 6 nitrogen and oxygen atoms in total. The molecule has 0 radical (unpaired) electrons. The minimum atomic E-state index is -3.34. The minimum Gasteiger partial charge on any atom is -0.492 e. The molecular weight excluding hydrogens is 268 g/mol. The van der Waals surface area contributed by atoms with Crippen LogP contribution in [0.25, 0.3) is 0 Å². The van der Waals surface area contributed by atoms with E-state index in [2.05, 4.69) is 4.72 Å². The third-order valence-electron chi connectivity index (χ3n) is 2.49. The third-order valence-corrected chi connectivity index (χ3v) is 3.80. The van der Waals surface area contributed by atoms with Crippen molar-refractivity contribution in [3.05, 3.63) is 24.3 Å². The number of ether oxygens (including phenoxy) is 2. The second kappa shape index (κ2) is 7.32. The number of anilines is 1. The Morgan fingerprint density at radius 3 is 2.53 bits per heavy atom. The fourth-order valence-electron chi connectivity index (χ4n) is 1.23. The molecule has 19 heavy (non-hydrogen) atoms. The highest BCUT2D eigenvalue weighted by atomic mass is 32.2. The maximum absolute atomic E-state index is 11.6. The van der Waals surface area contributed by atoms with Gasteiger partial charge < -0.3 is 15.2 Å². The van der Waals surface area contributed by atoms with Crippen molar-refractivity contribution < 1.29 is 17.9 Å². The van der Waals surface area contributed by atoms with Crippen molar-refractivity contribution in [3.63, 3.8) is 0 Å². The van der Waals surface area contributed by atoms with Crippen LogP contribution in [0.4, 0.5) is 5.69 Å². The van der Waals surface area contributed by atoms with Crippen LogP contribution in [-0.2, 0) is 14.8 Å². The van der Waals surface area contributed by atoms with Crippen molar-refractivity contribution in [1.29, 1.82) is 0 Å². The van der Waals surface area contributed by atoms with Gasteiger partial charge in [0.15, 0.2) is 0 Å². The highest BCUT2D eigenvalue weighted by Gasteiger charge is 2.11. The van der Waals surface area contributed by atoms with E-state index in [1.165, 1.54) is 7.11 Å². The number of rotatable bonds is 8. The van der Waals surface area contributed by atoms with E-state index in [1.54, 1.807) is 31.2 Å². The van der Waals surface area contributed by atoms with Crippen molar-refractivity contribution in [1.82, 2.24) is 4.72 Å². The Morgan fingerprint density at radius 1 is 1.32 bits per heavy atom. The lowest BCUT2D eigenvalue weighted by Gasteiger charge is -2.11. The zero-order chi connectivity index (χ0) is 14.3. The van der Waals surface area contributed by atoms with Crippen molar-refractivity contribution in [2.24, 2.45) is 0 Å². The minimum absolute atomic E-state index is 0.0839. The summed E-state index contributed by atoms with van der Waals surface area (Å²) in [6, 6.07) is 6.79. The van der Waals surface area contributed by atoms with Gasteiger partial charge in [0, 0.05) is 19.3 Å². The van der Waals surface area contributed by atoms with Crippen molar-refractivity contribution in [2.75, 3.05) is 31.7 Å². The lowest BCUT2D eigenvalue weighted by molar-refractivity contribution is 0.122. The van der Waals surface area contributed by atoms with Gasteiger partial charge in [-0.15, -0.1) is 0 Å². The number of methoxy groups -OCH3 is 1. The van der Waals surface area contributed by atoms with E-state index in [9.17, 15) is 8.42 Å². The Morgan fingerprint density at radius 2 is 1.95 bits per heavy atom. The molecule has 0 aliphatic rings. The molecule has 7 heteroatoms. The number of hydrogen-bond donors (Lipinski definition) is 2. The predicted molar refractivity (Wildman–Crippen MR) is 74.6 cm³/mol. The van der Waals surface area contributed by atoms with Gasteiger partial charge in [-0.05, 0) is 31.2 Å². The molecule has 0 saturated carbocycles. The zero-order valence-corrected chi connectivity index (χ0v) is 11.9. The molecule has 0 aromatic heterocycles. The Balaban J connectivity index is 2.33. The zero-order valence-electron chi connectivity index (χ0n) is 11.1. The van der Waals surface area contributed by atoms with Crippen LogP contribution in [0.1, 0.15) is 6.92 Å². The van der Waals surface area contributed by atoms with Gasteiger partial charge in [0.25, 0.3) is 0 Å². The summed E-state index contributed by atoms with van der Waals surface area (Å²) in [5.41, 5.74) is 6.17. The molecule has 1 atom stereocenters. The molecule has 0 heterocycles. The molecule has 0 saturated heterocycles. The molecule has 0 fully saturated rings. The normalized spacial score (nSPS) is 13.2. The van der Waals surface area contributed by atoms with Crippen molar-refractivity contribution in [2.45, 2.75) is 13.0 Å². The molecule has 1 rings (SSSR count). The van der Waals surface area contributed by atoms with E-state index in [4.69, 9.17) is 15.2 Å². The van der Waals surface area contributed by atoms with Crippen LogP contribution in [0.3, 0.4) is 0 Å². The lowest BCUT2D eigenvalue weighted by atomic mass is 10.3. The first kappa shape index (κ1) is 15.7. The Hall–Kier alpha value is -1.31. The molecular formula is C12H20N2O4S.